The largest absolute Gasteiger partial charge is 0.298 e. The molecule has 0 bridgehead atoms. The first-order valence-electron chi connectivity index (χ1n) is 4.31. The fraction of sp³-hybridized carbons (Fsp3) is 0.0833. The summed E-state index contributed by atoms with van der Waals surface area (Å²) in [6.45, 7) is 0. The van der Waals surface area contributed by atoms with E-state index in [9.17, 15) is 4.79 Å². The monoisotopic (exact) mass is 170 g/mol. The van der Waals surface area contributed by atoms with E-state index in [0.29, 0.717) is 0 Å². The van der Waals surface area contributed by atoms with Gasteiger partial charge in [-0.1, -0.05) is 48.6 Å². The molecular weight excluding hydrogens is 160 g/mol. The minimum absolute atomic E-state index is 0.264. The third-order valence-corrected chi connectivity index (χ3v) is 2.23. The van der Waals surface area contributed by atoms with E-state index >= 15 is 0 Å². The van der Waals surface area contributed by atoms with E-state index in [-0.39, 0.29) is 5.92 Å². The Hall–Kier alpha value is -1.63. The van der Waals surface area contributed by atoms with Crippen molar-refractivity contribution in [1.29, 1.82) is 0 Å². The van der Waals surface area contributed by atoms with Crippen LogP contribution in [0.15, 0.2) is 59.8 Å². The fourth-order valence-corrected chi connectivity index (χ4v) is 1.56. The molecule has 0 aliphatic heterocycles. The first-order chi connectivity index (χ1) is 6.42. The average Bonchev–Trinajstić information content (AvgIpc) is 2.39. The number of rotatable bonds is 1. The van der Waals surface area contributed by atoms with Crippen LogP contribution in [0.3, 0.4) is 0 Å². The first kappa shape index (κ1) is 7.99. The Balaban J connectivity index is 2.51. The molecule has 0 fully saturated rings. The summed E-state index contributed by atoms with van der Waals surface area (Å²) in [6, 6.07) is 0. The SMILES string of the molecule is O=CC1=C2C=CC=CC2C=CC=C1. The molecule has 0 N–H and O–H groups in total. The molecule has 0 saturated carbocycles. The van der Waals surface area contributed by atoms with Crippen LogP contribution in [-0.4, -0.2) is 6.29 Å². The molecule has 64 valence electrons. The molecular formula is C12H10O. The van der Waals surface area contributed by atoms with Gasteiger partial charge in [-0.2, -0.15) is 0 Å². The summed E-state index contributed by atoms with van der Waals surface area (Å²) in [7, 11) is 0. The van der Waals surface area contributed by atoms with Gasteiger partial charge in [0.2, 0.25) is 0 Å². The number of allylic oxidation sites excluding steroid dienone is 10. The normalized spacial score (nSPS) is 24.5. The molecule has 1 atom stereocenters. The van der Waals surface area contributed by atoms with Crippen molar-refractivity contribution in [3.05, 3.63) is 59.8 Å². The maximum Gasteiger partial charge on any atom is 0.150 e. The van der Waals surface area contributed by atoms with E-state index in [4.69, 9.17) is 0 Å². The lowest BCUT2D eigenvalue weighted by atomic mass is 9.91. The van der Waals surface area contributed by atoms with Crippen molar-refractivity contribution >= 4 is 6.29 Å². The van der Waals surface area contributed by atoms with Gasteiger partial charge in [0.05, 0.1) is 0 Å². The molecule has 0 aromatic carbocycles. The van der Waals surface area contributed by atoms with E-state index in [0.717, 1.165) is 17.4 Å². The predicted molar refractivity (Wildman–Crippen MR) is 53.1 cm³/mol. The van der Waals surface area contributed by atoms with E-state index in [1.807, 2.05) is 36.5 Å². The highest BCUT2D eigenvalue weighted by molar-refractivity contribution is 5.81. The second-order valence-electron chi connectivity index (χ2n) is 3.04. The molecule has 1 heteroatoms. The number of carbonyl (C=O) groups excluding carboxylic acids is 1. The zero-order valence-corrected chi connectivity index (χ0v) is 7.18. The third kappa shape index (κ3) is 1.45. The second kappa shape index (κ2) is 3.40. The van der Waals surface area contributed by atoms with E-state index in [1.54, 1.807) is 0 Å². The van der Waals surface area contributed by atoms with Gasteiger partial charge in [-0.15, -0.1) is 0 Å². The minimum atomic E-state index is 0.264. The van der Waals surface area contributed by atoms with Crippen molar-refractivity contribution < 1.29 is 4.79 Å². The zero-order chi connectivity index (χ0) is 9.10. The van der Waals surface area contributed by atoms with Crippen LogP contribution in [0.1, 0.15) is 0 Å². The van der Waals surface area contributed by atoms with Gasteiger partial charge in [0, 0.05) is 11.5 Å². The summed E-state index contributed by atoms with van der Waals surface area (Å²) in [6.07, 6.45) is 16.8. The molecule has 2 aliphatic rings. The van der Waals surface area contributed by atoms with E-state index in [2.05, 4.69) is 12.2 Å². The standard InChI is InChI=1S/C12H10O/c13-9-11-7-2-1-5-10-6-3-4-8-12(10)11/h1-10H. The molecule has 0 spiro atoms. The molecule has 1 unspecified atom stereocenters. The van der Waals surface area contributed by atoms with Gasteiger partial charge in [-0.3, -0.25) is 4.79 Å². The van der Waals surface area contributed by atoms with Gasteiger partial charge in [-0.25, -0.2) is 0 Å². The van der Waals surface area contributed by atoms with Gasteiger partial charge in [0.1, 0.15) is 6.29 Å². The third-order valence-electron chi connectivity index (χ3n) is 2.23. The Bertz CT molecular complexity index is 365. The number of hydrogen-bond acceptors (Lipinski definition) is 1. The predicted octanol–water partition coefficient (Wildman–Crippen LogP) is 2.35. The second-order valence-corrected chi connectivity index (χ2v) is 3.04. The van der Waals surface area contributed by atoms with Crippen LogP contribution in [0.2, 0.25) is 0 Å². The molecule has 0 radical (unpaired) electrons. The lowest BCUT2D eigenvalue weighted by Gasteiger charge is -2.12. The molecule has 1 nitrogen and oxygen atoms in total. The zero-order valence-electron chi connectivity index (χ0n) is 7.18. The fourth-order valence-electron chi connectivity index (χ4n) is 1.56. The molecule has 0 saturated heterocycles. The molecule has 0 amide bonds. The summed E-state index contributed by atoms with van der Waals surface area (Å²) >= 11 is 0. The molecule has 13 heavy (non-hydrogen) atoms. The van der Waals surface area contributed by atoms with Gasteiger partial charge >= 0.3 is 0 Å². The van der Waals surface area contributed by atoms with Crippen molar-refractivity contribution in [1.82, 2.24) is 0 Å². The Labute approximate surface area is 77.5 Å². The van der Waals surface area contributed by atoms with E-state index in [1.165, 1.54) is 0 Å². The summed E-state index contributed by atoms with van der Waals surface area (Å²) in [5.74, 6) is 0.264. The lowest BCUT2D eigenvalue weighted by Crippen LogP contribution is -2.01. The van der Waals surface area contributed by atoms with Gasteiger partial charge in [0.15, 0.2) is 0 Å². The summed E-state index contributed by atoms with van der Waals surface area (Å²) in [5.41, 5.74) is 1.86. The lowest BCUT2D eigenvalue weighted by molar-refractivity contribution is -0.104. The Morgan fingerprint density at radius 1 is 1.00 bits per heavy atom. The van der Waals surface area contributed by atoms with E-state index < -0.39 is 0 Å². The number of aldehydes is 1. The quantitative estimate of drug-likeness (QED) is 0.552. The highest BCUT2D eigenvalue weighted by Crippen LogP contribution is 2.25. The van der Waals surface area contributed by atoms with Crippen LogP contribution in [0.5, 0.6) is 0 Å². The molecule has 2 rings (SSSR count). The van der Waals surface area contributed by atoms with Crippen LogP contribution >= 0.6 is 0 Å². The Morgan fingerprint density at radius 3 is 2.38 bits per heavy atom. The van der Waals surface area contributed by atoms with Gasteiger partial charge in [0.25, 0.3) is 0 Å². The molecule has 0 aromatic heterocycles. The number of fused-ring (bicyclic) bond motifs is 1. The number of hydrogen-bond donors (Lipinski definition) is 0. The maximum atomic E-state index is 10.8. The Kier molecular flexibility index (Phi) is 2.09. The maximum absolute atomic E-state index is 10.8. The highest BCUT2D eigenvalue weighted by atomic mass is 16.1. The van der Waals surface area contributed by atoms with Crippen LogP contribution in [0, 0.1) is 5.92 Å². The van der Waals surface area contributed by atoms with Crippen molar-refractivity contribution in [2.75, 3.05) is 0 Å². The van der Waals surface area contributed by atoms with Crippen LogP contribution in [0.25, 0.3) is 0 Å². The average molecular weight is 170 g/mol. The summed E-state index contributed by atoms with van der Waals surface area (Å²) < 4.78 is 0. The Morgan fingerprint density at radius 2 is 1.69 bits per heavy atom. The molecule has 0 aromatic rings. The van der Waals surface area contributed by atoms with Gasteiger partial charge < -0.3 is 0 Å². The number of carbonyl (C=O) groups is 1. The highest BCUT2D eigenvalue weighted by Gasteiger charge is 2.12. The topological polar surface area (TPSA) is 17.1 Å². The molecule has 2 aliphatic carbocycles. The van der Waals surface area contributed by atoms with Crippen molar-refractivity contribution in [2.24, 2.45) is 5.92 Å². The van der Waals surface area contributed by atoms with Crippen molar-refractivity contribution in [3.8, 4) is 0 Å². The van der Waals surface area contributed by atoms with Crippen LogP contribution in [0.4, 0.5) is 0 Å². The van der Waals surface area contributed by atoms with Crippen LogP contribution < -0.4 is 0 Å². The van der Waals surface area contributed by atoms with Crippen molar-refractivity contribution in [3.63, 3.8) is 0 Å². The summed E-state index contributed by atoms with van der Waals surface area (Å²) in [4.78, 5) is 10.8. The minimum Gasteiger partial charge on any atom is -0.298 e. The first-order valence-corrected chi connectivity index (χ1v) is 4.31. The van der Waals surface area contributed by atoms with Gasteiger partial charge in [-0.05, 0) is 5.57 Å². The van der Waals surface area contributed by atoms with Crippen LogP contribution in [-0.2, 0) is 4.79 Å². The summed E-state index contributed by atoms with van der Waals surface area (Å²) in [5, 5.41) is 0. The smallest absolute Gasteiger partial charge is 0.150 e. The van der Waals surface area contributed by atoms with Crippen molar-refractivity contribution in [2.45, 2.75) is 0 Å². The molecule has 0 heterocycles.